The van der Waals surface area contributed by atoms with Crippen LogP contribution in [-0.2, 0) is 0 Å². The van der Waals surface area contributed by atoms with Crippen LogP contribution in [0.4, 0.5) is 5.82 Å². The van der Waals surface area contributed by atoms with Crippen molar-refractivity contribution in [1.82, 2.24) is 9.78 Å². The Hall–Kier alpha value is -1.77. The Morgan fingerprint density at radius 1 is 1.21 bits per heavy atom. The third kappa shape index (κ3) is 1.48. The predicted molar refractivity (Wildman–Crippen MR) is 57.8 cm³/mol. The zero-order valence-corrected chi connectivity index (χ0v) is 8.36. The summed E-state index contributed by atoms with van der Waals surface area (Å²) in [5, 5.41) is 7.43. The lowest BCUT2D eigenvalue weighted by atomic mass is 10.3. The van der Waals surface area contributed by atoms with Gasteiger partial charge in [0.15, 0.2) is 0 Å². The van der Waals surface area contributed by atoms with E-state index in [1.165, 1.54) is 0 Å². The van der Waals surface area contributed by atoms with Crippen LogP contribution in [0.5, 0.6) is 0 Å². The molecule has 2 rings (SSSR count). The van der Waals surface area contributed by atoms with E-state index in [1.54, 1.807) is 0 Å². The van der Waals surface area contributed by atoms with E-state index in [1.807, 2.05) is 55.1 Å². The van der Waals surface area contributed by atoms with Crippen molar-refractivity contribution in [3.05, 3.63) is 42.1 Å². The number of hydrogen-bond acceptors (Lipinski definition) is 2. The molecule has 14 heavy (non-hydrogen) atoms. The number of para-hydroxylation sites is 1. The van der Waals surface area contributed by atoms with E-state index in [-0.39, 0.29) is 0 Å². The highest BCUT2D eigenvalue weighted by Gasteiger charge is 2.03. The van der Waals surface area contributed by atoms with E-state index in [0.29, 0.717) is 0 Å². The monoisotopic (exact) mass is 187 g/mol. The molecule has 72 valence electrons. The molecule has 1 aromatic heterocycles. The number of aryl methyl sites for hydroxylation is 1. The van der Waals surface area contributed by atoms with Gasteiger partial charge in [0.2, 0.25) is 0 Å². The fourth-order valence-corrected chi connectivity index (χ4v) is 1.43. The number of aromatic nitrogens is 2. The fourth-order valence-electron chi connectivity index (χ4n) is 1.43. The Kier molecular flexibility index (Phi) is 2.23. The molecule has 0 spiro atoms. The lowest BCUT2D eigenvalue weighted by Gasteiger charge is -2.02. The molecule has 0 saturated heterocycles. The summed E-state index contributed by atoms with van der Waals surface area (Å²) in [6.07, 6.45) is 0. The molecule has 0 radical (unpaired) electrons. The average molecular weight is 187 g/mol. The molecule has 0 aliphatic carbocycles. The molecule has 0 saturated carbocycles. The molecule has 0 unspecified atom stereocenters. The SMILES string of the molecule is CNc1cc(C)n(-c2ccccc2)n1. The highest BCUT2D eigenvalue weighted by Crippen LogP contribution is 2.13. The molecule has 0 amide bonds. The lowest BCUT2D eigenvalue weighted by Crippen LogP contribution is -1.98. The molecule has 0 aliphatic heterocycles. The van der Waals surface area contributed by atoms with Gasteiger partial charge in [-0.3, -0.25) is 0 Å². The van der Waals surface area contributed by atoms with Crippen molar-refractivity contribution in [3.63, 3.8) is 0 Å². The second-order valence-corrected chi connectivity index (χ2v) is 3.17. The molecule has 3 nitrogen and oxygen atoms in total. The Morgan fingerprint density at radius 2 is 1.93 bits per heavy atom. The van der Waals surface area contributed by atoms with E-state index in [2.05, 4.69) is 10.4 Å². The van der Waals surface area contributed by atoms with Gasteiger partial charge in [0, 0.05) is 18.8 Å². The van der Waals surface area contributed by atoms with Crippen molar-refractivity contribution in [1.29, 1.82) is 0 Å². The quantitative estimate of drug-likeness (QED) is 0.781. The first-order chi connectivity index (χ1) is 6.81. The standard InChI is InChI=1S/C11H13N3/c1-9-8-11(12-2)13-14(9)10-6-4-3-5-7-10/h3-8H,1-2H3,(H,12,13). The van der Waals surface area contributed by atoms with Gasteiger partial charge >= 0.3 is 0 Å². The van der Waals surface area contributed by atoms with Gasteiger partial charge in [0.05, 0.1) is 5.69 Å². The van der Waals surface area contributed by atoms with Gasteiger partial charge in [-0.15, -0.1) is 0 Å². The normalized spacial score (nSPS) is 10.1. The van der Waals surface area contributed by atoms with E-state index < -0.39 is 0 Å². The van der Waals surface area contributed by atoms with E-state index in [4.69, 9.17) is 0 Å². The topological polar surface area (TPSA) is 29.9 Å². The van der Waals surface area contributed by atoms with Gasteiger partial charge in [-0.05, 0) is 19.1 Å². The molecule has 0 atom stereocenters. The first-order valence-electron chi connectivity index (χ1n) is 4.61. The van der Waals surface area contributed by atoms with Gasteiger partial charge in [0.1, 0.15) is 5.82 Å². The summed E-state index contributed by atoms with van der Waals surface area (Å²) in [5.74, 6) is 0.895. The summed E-state index contributed by atoms with van der Waals surface area (Å²) in [6.45, 7) is 2.04. The van der Waals surface area contributed by atoms with Crippen LogP contribution in [0.15, 0.2) is 36.4 Å². The smallest absolute Gasteiger partial charge is 0.148 e. The maximum Gasteiger partial charge on any atom is 0.148 e. The number of benzene rings is 1. The third-order valence-corrected chi connectivity index (χ3v) is 2.14. The van der Waals surface area contributed by atoms with E-state index in [9.17, 15) is 0 Å². The first kappa shape index (κ1) is 8.81. The van der Waals surface area contributed by atoms with Crippen molar-refractivity contribution >= 4 is 5.82 Å². The van der Waals surface area contributed by atoms with Crippen LogP contribution in [0.2, 0.25) is 0 Å². The number of nitrogens with zero attached hydrogens (tertiary/aromatic N) is 2. The summed E-state index contributed by atoms with van der Waals surface area (Å²) >= 11 is 0. The van der Waals surface area contributed by atoms with Crippen LogP contribution in [0.25, 0.3) is 5.69 Å². The van der Waals surface area contributed by atoms with Crippen LogP contribution in [0.1, 0.15) is 5.69 Å². The molecule has 1 aromatic carbocycles. The maximum absolute atomic E-state index is 4.40. The number of anilines is 1. The predicted octanol–water partition coefficient (Wildman–Crippen LogP) is 2.22. The zero-order valence-electron chi connectivity index (χ0n) is 8.36. The molecule has 1 heterocycles. The van der Waals surface area contributed by atoms with Gasteiger partial charge in [0.25, 0.3) is 0 Å². The number of rotatable bonds is 2. The Bertz CT molecular complexity index is 417. The van der Waals surface area contributed by atoms with Gasteiger partial charge in [-0.25, -0.2) is 4.68 Å². The largest absolute Gasteiger partial charge is 0.372 e. The highest BCUT2D eigenvalue weighted by atomic mass is 15.3. The van der Waals surface area contributed by atoms with Gasteiger partial charge < -0.3 is 5.32 Å². The lowest BCUT2D eigenvalue weighted by molar-refractivity contribution is 0.849. The van der Waals surface area contributed by atoms with Crippen molar-refractivity contribution in [3.8, 4) is 5.69 Å². The fraction of sp³-hybridized carbons (Fsp3) is 0.182. The Balaban J connectivity index is 2.46. The van der Waals surface area contributed by atoms with Crippen molar-refractivity contribution in [2.45, 2.75) is 6.92 Å². The molecule has 0 bridgehead atoms. The van der Waals surface area contributed by atoms with Crippen molar-refractivity contribution in [2.24, 2.45) is 0 Å². The van der Waals surface area contributed by atoms with Crippen LogP contribution in [-0.4, -0.2) is 16.8 Å². The third-order valence-electron chi connectivity index (χ3n) is 2.14. The summed E-state index contributed by atoms with van der Waals surface area (Å²) in [6, 6.07) is 12.1. The van der Waals surface area contributed by atoms with E-state index >= 15 is 0 Å². The van der Waals surface area contributed by atoms with Crippen LogP contribution < -0.4 is 5.32 Å². The van der Waals surface area contributed by atoms with Crippen molar-refractivity contribution < 1.29 is 0 Å². The molecular formula is C11H13N3. The number of nitrogens with one attached hydrogen (secondary N) is 1. The maximum atomic E-state index is 4.40. The Morgan fingerprint density at radius 3 is 2.50 bits per heavy atom. The second-order valence-electron chi connectivity index (χ2n) is 3.17. The molecule has 0 aliphatic rings. The molecule has 2 aromatic rings. The summed E-state index contributed by atoms with van der Waals surface area (Å²) in [7, 11) is 1.87. The highest BCUT2D eigenvalue weighted by molar-refractivity contribution is 5.40. The molecule has 0 fully saturated rings. The molecule has 1 N–H and O–H groups in total. The average Bonchev–Trinajstić information content (AvgIpc) is 2.61. The summed E-state index contributed by atoms with van der Waals surface area (Å²) in [4.78, 5) is 0. The number of hydrogen-bond donors (Lipinski definition) is 1. The summed E-state index contributed by atoms with van der Waals surface area (Å²) in [5.41, 5.74) is 2.21. The van der Waals surface area contributed by atoms with Crippen LogP contribution in [0.3, 0.4) is 0 Å². The minimum absolute atomic E-state index is 0.895. The minimum Gasteiger partial charge on any atom is -0.372 e. The zero-order chi connectivity index (χ0) is 9.97. The Labute approximate surface area is 83.4 Å². The van der Waals surface area contributed by atoms with Crippen molar-refractivity contribution in [2.75, 3.05) is 12.4 Å². The van der Waals surface area contributed by atoms with Crippen LogP contribution in [0, 0.1) is 6.92 Å². The molecule has 3 heteroatoms. The van der Waals surface area contributed by atoms with Crippen LogP contribution >= 0.6 is 0 Å². The van der Waals surface area contributed by atoms with Gasteiger partial charge in [-0.1, -0.05) is 18.2 Å². The molecular weight excluding hydrogens is 174 g/mol. The first-order valence-corrected chi connectivity index (χ1v) is 4.61. The van der Waals surface area contributed by atoms with Gasteiger partial charge in [-0.2, -0.15) is 5.10 Å². The second kappa shape index (κ2) is 3.54. The minimum atomic E-state index is 0.895. The van der Waals surface area contributed by atoms with E-state index in [0.717, 1.165) is 17.2 Å². The summed E-state index contributed by atoms with van der Waals surface area (Å²) < 4.78 is 1.92.